The van der Waals surface area contributed by atoms with Gasteiger partial charge in [0.25, 0.3) is 0 Å². The number of hydrogen-bond acceptors (Lipinski definition) is 1. The highest BCUT2D eigenvalue weighted by atomic mass is 19.4. The molecule has 1 aromatic rings. The highest BCUT2D eigenvalue weighted by molar-refractivity contribution is 5.24. The predicted octanol–water partition coefficient (Wildman–Crippen LogP) is 3.90. The van der Waals surface area contributed by atoms with Gasteiger partial charge in [0.15, 0.2) is 0 Å². The van der Waals surface area contributed by atoms with Crippen molar-refractivity contribution in [3.63, 3.8) is 0 Å². The van der Waals surface area contributed by atoms with Crippen molar-refractivity contribution in [3.8, 4) is 0 Å². The van der Waals surface area contributed by atoms with Crippen molar-refractivity contribution in [3.05, 3.63) is 23.7 Å². The molecule has 1 aromatic heterocycles. The normalized spacial score (nSPS) is 12.4. The first kappa shape index (κ1) is 11.1. The number of aryl methyl sites for hydroxylation is 1. The van der Waals surface area contributed by atoms with E-state index in [0.717, 1.165) is 5.56 Å². The van der Waals surface area contributed by atoms with Gasteiger partial charge in [-0.2, -0.15) is 13.2 Å². The second-order valence-electron chi connectivity index (χ2n) is 3.62. The molecular weight excluding hydrogens is 193 g/mol. The van der Waals surface area contributed by atoms with Gasteiger partial charge in [-0.05, 0) is 23.5 Å². The van der Waals surface area contributed by atoms with Crippen LogP contribution >= 0.6 is 0 Å². The molecule has 0 saturated heterocycles. The molecule has 0 aliphatic carbocycles. The summed E-state index contributed by atoms with van der Waals surface area (Å²) in [7, 11) is 0. The van der Waals surface area contributed by atoms with E-state index in [1.165, 1.54) is 12.5 Å². The van der Waals surface area contributed by atoms with Crippen molar-refractivity contribution in [1.82, 2.24) is 0 Å². The highest BCUT2D eigenvalue weighted by Gasteiger charge is 2.27. The fourth-order valence-electron chi connectivity index (χ4n) is 1.32. The third-order valence-corrected chi connectivity index (χ3v) is 2.08. The Morgan fingerprint density at radius 2 is 1.93 bits per heavy atom. The molecule has 0 N–H and O–H groups in total. The summed E-state index contributed by atoms with van der Waals surface area (Å²) in [5.41, 5.74) is 1.53. The summed E-state index contributed by atoms with van der Waals surface area (Å²) in [5, 5.41) is 0. The van der Waals surface area contributed by atoms with Gasteiger partial charge in [-0.25, -0.2) is 0 Å². The molecule has 0 fully saturated rings. The zero-order valence-corrected chi connectivity index (χ0v) is 8.19. The van der Waals surface area contributed by atoms with Crippen LogP contribution in [0.15, 0.2) is 16.9 Å². The Bertz CT molecular complexity index is 286. The average molecular weight is 206 g/mol. The van der Waals surface area contributed by atoms with Gasteiger partial charge in [-0.1, -0.05) is 13.8 Å². The molecule has 80 valence electrons. The van der Waals surface area contributed by atoms with E-state index < -0.39 is 12.6 Å². The largest absolute Gasteiger partial charge is 0.472 e. The first-order valence-corrected chi connectivity index (χ1v) is 4.52. The molecule has 0 aromatic carbocycles. The van der Waals surface area contributed by atoms with Crippen LogP contribution in [-0.4, -0.2) is 6.18 Å². The van der Waals surface area contributed by atoms with E-state index in [1.807, 2.05) is 13.8 Å². The first-order chi connectivity index (χ1) is 6.40. The Morgan fingerprint density at radius 3 is 2.43 bits per heavy atom. The Morgan fingerprint density at radius 1 is 1.29 bits per heavy atom. The van der Waals surface area contributed by atoms with E-state index in [1.54, 1.807) is 0 Å². The van der Waals surface area contributed by atoms with Gasteiger partial charge >= 0.3 is 6.18 Å². The molecule has 0 bridgehead atoms. The number of alkyl halides is 3. The minimum Gasteiger partial charge on any atom is -0.472 e. The van der Waals surface area contributed by atoms with E-state index >= 15 is 0 Å². The summed E-state index contributed by atoms with van der Waals surface area (Å²) in [6.45, 7) is 3.86. The highest BCUT2D eigenvalue weighted by Crippen LogP contribution is 2.26. The fourth-order valence-corrected chi connectivity index (χ4v) is 1.32. The predicted molar refractivity (Wildman–Crippen MR) is 47.2 cm³/mol. The maximum absolute atomic E-state index is 11.9. The zero-order chi connectivity index (χ0) is 10.8. The molecular formula is C10H13F3O. The van der Waals surface area contributed by atoms with Crippen molar-refractivity contribution in [2.24, 2.45) is 0 Å². The molecule has 1 nitrogen and oxygen atoms in total. The number of rotatable bonds is 3. The lowest BCUT2D eigenvalue weighted by Gasteiger charge is -2.07. The number of furan rings is 1. The Balaban J connectivity index is 2.63. The summed E-state index contributed by atoms with van der Waals surface area (Å²) < 4.78 is 40.8. The second kappa shape index (κ2) is 4.07. The summed E-state index contributed by atoms with van der Waals surface area (Å²) >= 11 is 0. The van der Waals surface area contributed by atoms with Gasteiger partial charge in [0, 0.05) is 6.42 Å². The van der Waals surface area contributed by atoms with Crippen LogP contribution in [-0.2, 0) is 6.42 Å². The van der Waals surface area contributed by atoms with E-state index in [9.17, 15) is 13.2 Å². The zero-order valence-electron chi connectivity index (χ0n) is 8.19. The molecule has 0 unspecified atom stereocenters. The summed E-state index contributed by atoms with van der Waals surface area (Å²) in [6.07, 6.45) is -1.94. The second-order valence-corrected chi connectivity index (χ2v) is 3.62. The summed E-state index contributed by atoms with van der Waals surface area (Å²) in [5.74, 6) is 0.206. The molecule has 14 heavy (non-hydrogen) atoms. The molecule has 0 aliphatic heterocycles. The van der Waals surface area contributed by atoms with Crippen LogP contribution in [0.3, 0.4) is 0 Å². The topological polar surface area (TPSA) is 13.1 Å². The van der Waals surface area contributed by atoms with Crippen molar-refractivity contribution >= 4 is 0 Å². The molecule has 0 aliphatic rings. The lowest BCUT2D eigenvalue weighted by Crippen LogP contribution is -2.09. The first-order valence-electron chi connectivity index (χ1n) is 4.52. The minimum absolute atomic E-state index is 0.00745. The Labute approximate surface area is 80.9 Å². The Hall–Kier alpha value is -0.930. The van der Waals surface area contributed by atoms with Crippen molar-refractivity contribution in [2.75, 3.05) is 0 Å². The van der Waals surface area contributed by atoms with Crippen LogP contribution in [0.2, 0.25) is 0 Å². The smallest absolute Gasteiger partial charge is 0.389 e. The third kappa shape index (κ3) is 3.09. The standard InChI is InChI=1S/C10H13F3O/c1-7(2)9-6-14-5-8(9)3-4-10(11,12)13/h5-7H,3-4H2,1-2H3. The van der Waals surface area contributed by atoms with Gasteiger partial charge in [0.2, 0.25) is 0 Å². The van der Waals surface area contributed by atoms with Crippen LogP contribution in [0.1, 0.15) is 37.3 Å². The molecule has 1 rings (SSSR count). The van der Waals surface area contributed by atoms with Crippen molar-refractivity contribution in [1.29, 1.82) is 0 Å². The molecule has 0 amide bonds. The van der Waals surface area contributed by atoms with Crippen LogP contribution < -0.4 is 0 Å². The van der Waals surface area contributed by atoms with Gasteiger partial charge in [-0.3, -0.25) is 0 Å². The Kier molecular flexibility index (Phi) is 3.24. The minimum atomic E-state index is -4.09. The van der Waals surface area contributed by atoms with Gasteiger partial charge < -0.3 is 4.42 Å². The third-order valence-electron chi connectivity index (χ3n) is 2.08. The lowest BCUT2D eigenvalue weighted by atomic mass is 9.99. The number of halogens is 3. The van der Waals surface area contributed by atoms with Gasteiger partial charge in [-0.15, -0.1) is 0 Å². The van der Waals surface area contributed by atoms with E-state index in [2.05, 4.69) is 0 Å². The fraction of sp³-hybridized carbons (Fsp3) is 0.600. The summed E-state index contributed by atoms with van der Waals surface area (Å²) in [4.78, 5) is 0. The number of hydrogen-bond donors (Lipinski definition) is 0. The van der Waals surface area contributed by atoms with Crippen molar-refractivity contribution in [2.45, 2.75) is 38.8 Å². The maximum Gasteiger partial charge on any atom is 0.389 e. The average Bonchev–Trinajstić information content (AvgIpc) is 2.46. The van der Waals surface area contributed by atoms with E-state index in [0.29, 0.717) is 5.56 Å². The van der Waals surface area contributed by atoms with Gasteiger partial charge in [0.1, 0.15) is 0 Å². The quantitative estimate of drug-likeness (QED) is 0.731. The maximum atomic E-state index is 11.9. The van der Waals surface area contributed by atoms with Crippen LogP contribution in [0.5, 0.6) is 0 Å². The molecule has 1 heterocycles. The van der Waals surface area contributed by atoms with Crippen LogP contribution in [0, 0.1) is 0 Å². The van der Waals surface area contributed by atoms with E-state index in [-0.39, 0.29) is 12.3 Å². The van der Waals surface area contributed by atoms with Crippen LogP contribution in [0.4, 0.5) is 13.2 Å². The molecule has 0 saturated carbocycles. The van der Waals surface area contributed by atoms with Crippen molar-refractivity contribution < 1.29 is 17.6 Å². The van der Waals surface area contributed by atoms with Crippen LogP contribution in [0.25, 0.3) is 0 Å². The van der Waals surface area contributed by atoms with E-state index in [4.69, 9.17) is 4.42 Å². The molecule has 0 radical (unpaired) electrons. The SMILES string of the molecule is CC(C)c1cocc1CCC(F)(F)F. The lowest BCUT2D eigenvalue weighted by molar-refractivity contribution is -0.134. The molecule has 0 spiro atoms. The van der Waals surface area contributed by atoms with Gasteiger partial charge in [0.05, 0.1) is 12.5 Å². The molecule has 0 atom stereocenters. The summed E-state index contributed by atoms with van der Waals surface area (Å²) in [6, 6.07) is 0. The monoisotopic (exact) mass is 206 g/mol. The molecule has 4 heteroatoms.